The molecule has 6 N–H and O–H groups in total. The molecule has 3 atom stereocenters. The quantitative estimate of drug-likeness (QED) is 0.103. The molecule has 0 saturated carbocycles. The number of likely N-dealkylation sites (N-methyl/N-ethyl adjacent to an activating group) is 1. The number of carbonyl (C=O) groups excluding carboxylic acids is 4. The zero-order valence-corrected chi connectivity index (χ0v) is 29.3. The number of fused-ring (bicyclic) bond motifs is 1. The van der Waals surface area contributed by atoms with E-state index in [2.05, 4.69) is 16.0 Å². The van der Waals surface area contributed by atoms with Crippen LogP contribution in [0, 0.1) is 5.92 Å². The number of unbranched alkanes of at least 4 members (excludes halogenated alkanes) is 2. The van der Waals surface area contributed by atoms with Crippen molar-refractivity contribution in [3.63, 3.8) is 0 Å². The van der Waals surface area contributed by atoms with Crippen LogP contribution >= 0.6 is 0 Å². The van der Waals surface area contributed by atoms with E-state index in [4.69, 9.17) is 10.5 Å². The highest BCUT2D eigenvalue weighted by atomic mass is 19.4. The molecule has 0 unspecified atom stereocenters. The van der Waals surface area contributed by atoms with E-state index in [0.29, 0.717) is 36.3 Å². The number of carbonyl (C=O) groups is 4. The number of rotatable bonds is 13. The number of benzene rings is 3. The number of anilines is 4. The number of ether oxygens (including phenoxy) is 1. The zero-order valence-electron chi connectivity index (χ0n) is 29.3. The lowest BCUT2D eigenvalue weighted by Crippen LogP contribution is -2.50. The maximum absolute atomic E-state index is 13.8. The summed E-state index contributed by atoms with van der Waals surface area (Å²) < 4.78 is 45.1. The van der Waals surface area contributed by atoms with Crippen molar-refractivity contribution in [3.05, 3.63) is 77.9 Å². The number of hydrogen-bond donors (Lipinski definition) is 5. The molecular formula is C37H45F3N6O6. The first-order chi connectivity index (χ1) is 24.7. The van der Waals surface area contributed by atoms with Crippen LogP contribution in [0.2, 0.25) is 0 Å². The van der Waals surface area contributed by atoms with Gasteiger partial charge < -0.3 is 41.3 Å². The van der Waals surface area contributed by atoms with Gasteiger partial charge in [0.1, 0.15) is 11.9 Å². The SMILES string of the molecule is C[C@H]1CN([C@@H](C)CO)C(=O)c2cc(NC(=O)CCCCCC(=O)Nc3ccccc3N)ccc2O[C@@H]1CN(C)C(=O)Nc1ccc(C(F)(F)F)cc1. The Labute approximate surface area is 300 Å². The van der Waals surface area contributed by atoms with E-state index in [1.165, 1.54) is 35.0 Å². The van der Waals surface area contributed by atoms with E-state index in [-0.39, 0.29) is 67.3 Å². The molecule has 0 radical (unpaired) electrons. The number of halogens is 3. The average Bonchev–Trinajstić information content (AvgIpc) is 3.10. The molecule has 0 saturated heterocycles. The van der Waals surface area contributed by atoms with E-state index in [0.717, 1.165) is 12.1 Å². The van der Waals surface area contributed by atoms with Gasteiger partial charge in [0.05, 0.1) is 41.7 Å². The summed E-state index contributed by atoms with van der Waals surface area (Å²) in [6.45, 7) is 3.50. The molecule has 0 aromatic heterocycles. The van der Waals surface area contributed by atoms with Gasteiger partial charge in [0.25, 0.3) is 5.91 Å². The van der Waals surface area contributed by atoms with Gasteiger partial charge in [0.15, 0.2) is 0 Å². The van der Waals surface area contributed by atoms with Gasteiger partial charge in [-0.1, -0.05) is 25.5 Å². The standard InChI is InChI=1S/C37H45F3N6O6/c1-23-20-46(24(2)22-47)35(50)28-19-27(42-33(48)11-5-4-6-12-34(49)44-30-10-8-7-9-29(30)41)17-18-31(28)52-32(23)21-45(3)36(51)43-26-15-13-25(14-16-26)37(38,39)40/h7-10,13-19,23-24,32,47H,4-6,11-12,20-22,41H2,1-3H3,(H,42,48)(H,43,51)(H,44,49)/t23-,24-,32+/m0/s1. The number of nitrogens with two attached hydrogens (primary N) is 1. The number of hydrogen-bond acceptors (Lipinski definition) is 7. The maximum atomic E-state index is 13.8. The van der Waals surface area contributed by atoms with E-state index < -0.39 is 35.8 Å². The van der Waals surface area contributed by atoms with Crippen molar-refractivity contribution in [1.82, 2.24) is 9.80 Å². The molecule has 0 aliphatic carbocycles. The smallest absolute Gasteiger partial charge is 0.416 e. The zero-order chi connectivity index (χ0) is 38.0. The van der Waals surface area contributed by atoms with Gasteiger partial charge in [0, 0.05) is 43.7 Å². The number of nitrogen functional groups attached to an aromatic ring is 1. The normalized spacial score (nSPS) is 16.4. The summed E-state index contributed by atoms with van der Waals surface area (Å²) in [5, 5.41) is 18.1. The molecule has 1 aliphatic rings. The molecule has 3 aromatic rings. The van der Waals surface area contributed by atoms with Gasteiger partial charge >= 0.3 is 12.2 Å². The molecular weight excluding hydrogens is 681 g/mol. The third-order valence-electron chi connectivity index (χ3n) is 8.76. The molecule has 12 nitrogen and oxygen atoms in total. The monoisotopic (exact) mass is 726 g/mol. The molecule has 52 heavy (non-hydrogen) atoms. The fourth-order valence-electron chi connectivity index (χ4n) is 5.63. The van der Waals surface area contributed by atoms with Gasteiger partial charge in [0.2, 0.25) is 11.8 Å². The highest BCUT2D eigenvalue weighted by molar-refractivity contribution is 6.00. The number of aliphatic hydroxyl groups excluding tert-OH is 1. The van der Waals surface area contributed by atoms with Crippen LogP contribution in [0.3, 0.4) is 0 Å². The number of urea groups is 1. The minimum atomic E-state index is -4.50. The lowest BCUT2D eigenvalue weighted by atomic mass is 9.99. The fraction of sp³-hybridized carbons (Fsp3) is 0.405. The summed E-state index contributed by atoms with van der Waals surface area (Å²) in [6, 6.07) is 14.6. The summed E-state index contributed by atoms with van der Waals surface area (Å²) in [5.74, 6) is -0.921. The van der Waals surface area contributed by atoms with Crippen molar-refractivity contribution in [2.45, 2.75) is 64.3 Å². The Morgan fingerprint density at radius 2 is 1.60 bits per heavy atom. The number of para-hydroxylation sites is 2. The number of nitrogens with one attached hydrogen (secondary N) is 3. The highest BCUT2D eigenvalue weighted by Gasteiger charge is 2.34. The van der Waals surface area contributed by atoms with Crippen LogP contribution in [-0.4, -0.2) is 77.5 Å². The van der Waals surface area contributed by atoms with Crippen molar-refractivity contribution >= 4 is 46.5 Å². The van der Waals surface area contributed by atoms with Crippen molar-refractivity contribution in [2.24, 2.45) is 5.92 Å². The van der Waals surface area contributed by atoms with Crippen molar-refractivity contribution in [1.29, 1.82) is 0 Å². The predicted octanol–water partition coefficient (Wildman–Crippen LogP) is 6.20. The van der Waals surface area contributed by atoms with E-state index >= 15 is 0 Å². The predicted molar refractivity (Wildman–Crippen MR) is 192 cm³/mol. The highest BCUT2D eigenvalue weighted by Crippen LogP contribution is 2.32. The minimum absolute atomic E-state index is 0.0586. The van der Waals surface area contributed by atoms with Crippen LogP contribution in [0.15, 0.2) is 66.7 Å². The third-order valence-corrected chi connectivity index (χ3v) is 8.76. The van der Waals surface area contributed by atoms with Crippen LogP contribution in [0.5, 0.6) is 5.75 Å². The Kier molecular flexibility index (Phi) is 13.5. The topological polar surface area (TPSA) is 166 Å². The Hall–Kier alpha value is -5.31. The van der Waals surface area contributed by atoms with Crippen LogP contribution in [0.1, 0.15) is 61.9 Å². The first-order valence-electron chi connectivity index (χ1n) is 17.0. The number of aliphatic hydroxyl groups is 1. The van der Waals surface area contributed by atoms with Crippen LogP contribution in [0.25, 0.3) is 0 Å². The molecule has 0 bridgehead atoms. The number of amides is 5. The van der Waals surface area contributed by atoms with E-state index in [1.807, 2.05) is 6.92 Å². The third kappa shape index (κ3) is 10.8. The minimum Gasteiger partial charge on any atom is -0.487 e. The molecule has 4 rings (SSSR count). The summed E-state index contributed by atoms with van der Waals surface area (Å²) in [6.07, 6.45) is -2.88. The largest absolute Gasteiger partial charge is 0.487 e. The van der Waals surface area contributed by atoms with Gasteiger partial charge in [-0.25, -0.2) is 4.79 Å². The van der Waals surface area contributed by atoms with Gasteiger partial charge in [-0.05, 0) is 74.4 Å². The second-order valence-corrected chi connectivity index (χ2v) is 13.0. The lowest BCUT2D eigenvalue weighted by molar-refractivity contribution is -0.137. The summed E-state index contributed by atoms with van der Waals surface area (Å²) in [7, 11) is 1.52. The van der Waals surface area contributed by atoms with Crippen LogP contribution < -0.4 is 26.4 Å². The summed E-state index contributed by atoms with van der Waals surface area (Å²) in [5.41, 5.74) is 6.78. The Morgan fingerprint density at radius 1 is 0.962 bits per heavy atom. The molecule has 0 spiro atoms. The number of alkyl halides is 3. The average molecular weight is 727 g/mol. The number of nitrogens with zero attached hydrogens (tertiary/aromatic N) is 2. The molecule has 1 heterocycles. The fourth-order valence-corrected chi connectivity index (χ4v) is 5.63. The van der Waals surface area contributed by atoms with Crippen molar-refractivity contribution in [3.8, 4) is 5.75 Å². The molecule has 15 heteroatoms. The van der Waals surface area contributed by atoms with Crippen LogP contribution in [0.4, 0.5) is 40.7 Å². The van der Waals surface area contributed by atoms with Crippen molar-refractivity contribution in [2.75, 3.05) is 48.4 Å². The van der Waals surface area contributed by atoms with Gasteiger partial charge in [-0.15, -0.1) is 0 Å². The second-order valence-electron chi connectivity index (χ2n) is 13.0. The summed E-state index contributed by atoms with van der Waals surface area (Å²) >= 11 is 0. The van der Waals surface area contributed by atoms with Crippen LogP contribution in [-0.2, 0) is 15.8 Å². The lowest BCUT2D eigenvalue weighted by Gasteiger charge is -2.38. The van der Waals surface area contributed by atoms with Gasteiger partial charge in [-0.3, -0.25) is 14.4 Å². The summed E-state index contributed by atoms with van der Waals surface area (Å²) in [4.78, 5) is 54.7. The van der Waals surface area contributed by atoms with Crippen molar-refractivity contribution < 1.29 is 42.2 Å². The maximum Gasteiger partial charge on any atom is 0.416 e. The van der Waals surface area contributed by atoms with E-state index in [9.17, 15) is 37.5 Å². The first kappa shape index (κ1) is 39.5. The molecule has 280 valence electrons. The first-order valence-corrected chi connectivity index (χ1v) is 17.0. The molecule has 1 aliphatic heterocycles. The molecule has 0 fully saturated rings. The Bertz CT molecular complexity index is 1720. The molecule has 3 aromatic carbocycles. The second kappa shape index (κ2) is 17.8. The Morgan fingerprint density at radius 3 is 2.23 bits per heavy atom. The van der Waals surface area contributed by atoms with Gasteiger partial charge in [-0.2, -0.15) is 13.2 Å². The van der Waals surface area contributed by atoms with E-state index in [1.54, 1.807) is 43.3 Å². The Balaban J connectivity index is 1.37. The molecule has 5 amide bonds.